The second-order valence-electron chi connectivity index (χ2n) is 6.06. The molecular weight excluding hydrogens is 372 g/mol. The van der Waals surface area contributed by atoms with Crippen LogP contribution < -0.4 is 0 Å². The van der Waals surface area contributed by atoms with Gasteiger partial charge < -0.3 is 9.15 Å². The van der Waals surface area contributed by atoms with E-state index in [1.54, 1.807) is 0 Å². The molecule has 0 N–H and O–H groups in total. The van der Waals surface area contributed by atoms with E-state index >= 15 is 0 Å². The minimum absolute atomic E-state index is 0.221. The molecule has 0 saturated heterocycles. The maximum Gasteiger partial charge on any atom is 0.316 e. The van der Waals surface area contributed by atoms with Crippen molar-refractivity contribution < 1.29 is 13.9 Å². The van der Waals surface area contributed by atoms with E-state index in [9.17, 15) is 4.79 Å². The van der Waals surface area contributed by atoms with Crippen LogP contribution in [-0.2, 0) is 9.53 Å². The van der Waals surface area contributed by atoms with E-state index in [-0.39, 0.29) is 11.7 Å². The molecule has 2 heterocycles. The number of hydrogen-bond acceptors (Lipinski definition) is 6. The van der Waals surface area contributed by atoms with Crippen molar-refractivity contribution in [3.8, 4) is 11.8 Å². The van der Waals surface area contributed by atoms with Gasteiger partial charge in [-0.1, -0.05) is 48.0 Å². The number of thioether (sulfide) groups is 1. The van der Waals surface area contributed by atoms with Crippen LogP contribution in [-0.4, -0.2) is 29.6 Å². The molecule has 138 valence electrons. The summed E-state index contributed by atoms with van der Waals surface area (Å²) in [5.41, 5.74) is 1.66. The third-order valence-electron chi connectivity index (χ3n) is 4.16. The highest BCUT2D eigenvalue weighted by Gasteiger charge is 2.18. The Bertz CT molecular complexity index is 1160. The average molecular weight is 388 g/mol. The largest absolute Gasteiger partial charge is 0.468 e. The van der Waals surface area contributed by atoms with Gasteiger partial charge in [0.25, 0.3) is 0 Å². The average Bonchev–Trinajstić information content (AvgIpc) is 3.39. The first-order chi connectivity index (χ1) is 13.7. The highest BCUT2D eigenvalue weighted by molar-refractivity contribution is 8.14. The topological polar surface area (TPSA) is 64.2 Å². The van der Waals surface area contributed by atoms with Crippen LogP contribution in [0.1, 0.15) is 23.5 Å². The van der Waals surface area contributed by atoms with Crippen molar-refractivity contribution >= 4 is 39.3 Å². The number of benzene rings is 2. The summed E-state index contributed by atoms with van der Waals surface area (Å²) in [6, 6.07) is 18.0. The highest BCUT2D eigenvalue weighted by atomic mass is 32.2. The zero-order chi connectivity index (χ0) is 19.3. The van der Waals surface area contributed by atoms with Gasteiger partial charge >= 0.3 is 5.97 Å². The molecule has 0 spiro atoms. The van der Waals surface area contributed by atoms with E-state index in [1.165, 1.54) is 24.3 Å². The molecule has 0 saturated carbocycles. The van der Waals surface area contributed by atoms with Crippen molar-refractivity contribution in [2.24, 2.45) is 10.2 Å². The molecule has 0 fully saturated rings. The number of carbonyl (C=O) groups excluding carboxylic acids is 1. The standard InChI is InChI=1S/C22H16N2O3S/c1-26-22(25)14-28-21-13-19(23-24-21)20-11-10-18(27-20)9-7-15-6-8-16-4-2-3-5-17(16)12-15/h2-6,8,10-12H,13-14H2,1H3. The second-order valence-corrected chi connectivity index (χ2v) is 7.11. The number of carbonyl (C=O) groups is 1. The Morgan fingerprint density at radius 1 is 1.11 bits per heavy atom. The van der Waals surface area contributed by atoms with E-state index in [4.69, 9.17) is 4.42 Å². The summed E-state index contributed by atoms with van der Waals surface area (Å²) in [7, 11) is 1.37. The number of fused-ring (bicyclic) bond motifs is 1. The molecule has 0 unspecified atom stereocenters. The van der Waals surface area contributed by atoms with Gasteiger partial charge in [0.1, 0.15) is 10.8 Å². The highest BCUT2D eigenvalue weighted by Crippen LogP contribution is 2.20. The molecule has 1 aromatic heterocycles. The van der Waals surface area contributed by atoms with Gasteiger partial charge in [-0.15, -0.1) is 5.10 Å². The van der Waals surface area contributed by atoms with Crippen LogP contribution in [0.3, 0.4) is 0 Å². The maximum absolute atomic E-state index is 11.2. The van der Waals surface area contributed by atoms with Gasteiger partial charge in [-0.05, 0) is 41.0 Å². The molecule has 0 aliphatic carbocycles. The Morgan fingerprint density at radius 2 is 1.96 bits per heavy atom. The lowest BCUT2D eigenvalue weighted by Crippen LogP contribution is -2.07. The molecule has 28 heavy (non-hydrogen) atoms. The van der Waals surface area contributed by atoms with E-state index < -0.39 is 0 Å². The number of furan rings is 1. The van der Waals surface area contributed by atoms with Gasteiger partial charge in [0.15, 0.2) is 11.5 Å². The first-order valence-electron chi connectivity index (χ1n) is 8.65. The Balaban J connectivity index is 1.41. The fourth-order valence-corrected chi connectivity index (χ4v) is 3.45. The van der Waals surface area contributed by atoms with E-state index in [0.717, 1.165) is 21.7 Å². The number of hydrogen-bond donors (Lipinski definition) is 0. The Morgan fingerprint density at radius 3 is 2.82 bits per heavy atom. The number of rotatable bonds is 3. The molecule has 4 rings (SSSR count). The van der Waals surface area contributed by atoms with Crippen LogP contribution in [0, 0.1) is 11.8 Å². The fraction of sp³-hybridized carbons (Fsp3) is 0.136. The van der Waals surface area contributed by atoms with Crippen LogP contribution in [0.4, 0.5) is 0 Å². The van der Waals surface area contributed by atoms with Crippen LogP contribution in [0.15, 0.2) is 69.2 Å². The lowest BCUT2D eigenvalue weighted by Gasteiger charge is -1.98. The van der Waals surface area contributed by atoms with Crippen LogP contribution in [0.2, 0.25) is 0 Å². The molecule has 3 aromatic rings. The van der Waals surface area contributed by atoms with Crippen molar-refractivity contribution in [1.29, 1.82) is 0 Å². The van der Waals surface area contributed by atoms with Gasteiger partial charge in [-0.3, -0.25) is 4.79 Å². The van der Waals surface area contributed by atoms with Crippen molar-refractivity contribution in [2.75, 3.05) is 12.9 Å². The van der Waals surface area contributed by atoms with Crippen molar-refractivity contribution in [3.05, 3.63) is 71.7 Å². The lowest BCUT2D eigenvalue weighted by molar-refractivity contribution is -0.137. The molecule has 0 radical (unpaired) electrons. The summed E-state index contributed by atoms with van der Waals surface area (Å²) < 4.78 is 10.4. The SMILES string of the molecule is COC(=O)CSC1=NN=C(c2ccc(C#Cc3ccc4ccccc4c3)o2)C1. The first kappa shape index (κ1) is 18.1. The predicted molar refractivity (Wildman–Crippen MR) is 112 cm³/mol. The third kappa shape index (κ3) is 4.16. The summed E-state index contributed by atoms with van der Waals surface area (Å²) in [6.45, 7) is 0. The molecular formula is C22H16N2O3S. The summed E-state index contributed by atoms with van der Waals surface area (Å²) in [6.07, 6.45) is 0.534. The minimum Gasteiger partial charge on any atom is -0.468 e. The van der Waals surface area contributed by atoms with Crippen molar-refractivity contribution in [2.45, 2.75) is 6.42 Å². The van der Waals surface area contributed by atoms with Crippen molar-refractivity contribution in [1.82, 2.24) is 0 Å². The van der Waals surface area contributed by atoms with Gasteiger partial charge in [-0.2, -0.15) is 5.10 Å². The summed E-state index contributed by atoms with van der Waals surface area (Å²) in [5, 5.41) is 11.4. The molecule has 5 nitrogen and oxygen atoms in total. The van der Waals surface area contributed by atoms with E-state index in [0.29, 0.717) is 17.9 Å². The summed E-state index contributed by atoms with van der Waals surface area (Å²) >= 11 is 1.32. The number of esters is 1. The minimum atomic E-state index is -0.287. The lowest BCUT2D eigenvalue weighted by atomic mass is 10.1. The quantitative estimate of drug-likeness (QED) is 0.497. The van der Waals surface area contributed by atoms with Crippen LogP contribution >= 0.6 is 11.8 Å². The Kier molecular flexibility index (Phi) is 5.27. The smallest absolute Gasteiger partial charge is 0.316 e. The van der Waals surface area contributed by atoms with Gasteiger partial charge in [0.2, 0.25) is 0 Å². The zero-order valence-electron chi connectivity index (χ0n) is 15.1. The van der Waals surface area contributed by atoms with E-state index in [1.807, 2.05) is 30.3 Å². The van der Waals surface area contributed by atoms with E-state index in [2.05, 4.69) is 51.0 Å². The van der Waals surface area contributed by atoms with Crippen LogP contribution in [0.5, 0.6) is 0 Å². The number of nitrogens with zero attached hydrogens (tertiary/aromatic N) is 2. The second kappa shape index (κ2) is 8.15. The molecule has 0 amide bonds. The molecule has 6 heteroatoms. The van der Waals surface area contributed by atoms with Crippen LogP contribution in [0.25, 0.3) is 10.8 Å². The van der Waals surface area contributed by atoms with Gasteiger partial charge in [0.05, 0.1) is 12.9 Å². The molecule has 0 bridgehead atoms. The van der Waals surface area contributed by atoms with Crippen molar-refractivity contribution in [3.63, 3.8) is 0 Å². The van der Waals surface area contributed by atoms with Gasteiger partial charge in [0, 0.05) is 12.0 Å². The Hall–Kier alpha value is -3.30. The maximum atomic E-state index is 11.2. The summed E-state index contributed by atoms with van der Waals surface area (Å²) in [5.74, 6) is 7.33. The molecule has 2 aromatic carbocycles. The first-order valence-corrected chi connectivity index (χ1v) is 9.64. The molecule has 0 atom stereocenters. The monoisotopic (exact) mass is 388 g/mol. The normalized spacial score (nSPS) is 12.9. The number of ether oxygens (including phenoxy) is 1. The fourth-order valence-electron chi connectivity index (χ4n) is 2.71. The summed E-state index contributed by atoms with van der Waals surface area (Å²) in [4.78, 5) is 11.2. The molecule has 1 aliphatic heterocycles. The third-order valence-corrected chi connectivity index (χ3v) is 5.09. The zero-order valence-corrected chi connectivity index (χ0v) is 16.0. The Labute approximate surface area is 166 Å². The van der Waals surface area contributed by atoms with Gasteiger partial charge in [-0.25, -0.2) is 0 Å². The number of methoxy groups -OCH3 is 1. The molecule has 1 aliphatic rings. The predicted octanol–water partition coefficient (Wildman–Crippen LogP) is 4.25.